The van der Waals surface area contributed by atoms with Crippen LogP contribution < -0.4 is 5.32 Å². The minimum Gasteiger partial charge on any atom is -0.507 e. The molecule has 3 rings (SSSR count). The molecular formula is C21H19FN2O3. The first-order chi connectivity index (χ1) is 13.0. The van der Waals surface area contributed by atoms with Crippen LogP contribution in [-0.2, 0) is 13.2 Å². The monoisotopic (exact) mass is 366 g/mol. The molecule has 2 aromatic carbocycles. The second-order valence-electron chi connectivity index (χ2n) is 6.17. The fraction of sp³-hybridized carbons (Fsp3) is 0.143. The van der Waals surface area contributed by atoms with Gasteiger partial charge in [-0.1, -0.05) is 18.2 Å². The summed E-state index contributed by atoms with van der Waals surface area (Å²) in [4.78, 5) is 16.7. The number of hydrogen-bond acceptors (Lipinski definition) is 4. The minimum atomic E-state index is -0.489. The molecule has 6 heteroatoms. The lowest BCUT2D eigenvalue weighted by molar-refractivity contribution is 0.0948. The van der Waals surface area contributed by atoms with Gasteiger partial charge in [0.05, 0.1) is 17.9 Å². The highest BCUT2D eigenvalue weighted by atomic mass is 19.1. The van der Waals surface area contributed by atoms with Crippen LogP contribution in [0.4, 0.5) is 4.39 Å². The molecule has 0 aliphatic rings. The maximum absolute atomic E-state index is 13.6. The lowest BCUT2D eigenvalue weighted by Gasteiger charge is -2.11. The van der Waals surface area contributed by atoms with E-state index in [9.17, 15) is 19.4 Å². The Morgan fingerprint density at radius 3 is 2.74 bits per heavy atom. The third-order valence-electron chi connectivity index (χ3n) is 4.27. The van der Waals surface area contributed by atoms with Crippen molar-refractivity contribution in [2.75, 3.05) is 0 Å². The molecule has 5 nitrogen and oxygen atoms in total. The van der Waals surface area contributed by atoms with E-state index < -0.39 is 5.91 Å². The number of aliphatic hydroxyl groups excluding tert-OH is 1. The number of amides is 1. The van der Waals surface area contributed by atoms with E-state index in [2.05, 4.69) is 10.3 Å². The van der Waals surface area contributed by atoms with Gasteiger partial charge in [-0.2, -0.15) is 0 Å². The third-order valence-corrected chi connectivity index (χ3v) is 4.27. The molecule has 0 radical (unpaired) electrons. The number of benzene rings is 2. The summed E-state index contributed by atoms with van der Waals surface area (Å²) in [5, 5.41) is 22.2. The normalized spacial score (nSPS) is 10.6. The zero-order chi connectivity index (χ0) is 19.4. The van der Waals surface area contributed by atoms with E-state index >= 15 is 0 Å². The standard InChI is InChI=1S/C21H19FN2O3/c1-13-4-5-14(9-18(13)22)11-24-21(27)17-10-15(6-7-19(17)26)20-16(12-25)3-2-8-23-20/h2-10,25-26H,11-12H2,1H3,(H,24,27). The molecule has 0 bridgehead atoms. The second-order valence-corrected chi connectivity index (χ2v) is 6.17. The van der Waals surface area contributed by atoms with Crippen molar-refractivity contribution >= 4 is 5.91 Å². The van der Waals surface area contributed by atoms with Crippen LogP contribution in [0.5, 0.6) is 5.75 Å². The number of hydrogen-bond donors (Lipinski definition) is 3. The topological polar surface area (TPSA) is 82.5 Å². The van der Waals surface area contributed by atoms with Crippen molar-refractivity contribution in [3.63, 3.8) is 0 Å². The summed E-state index contributed by atoms with van der Waals surface area (Å²) in [6.45, 7) is 1.61. The van der Waals surface area contributed by atoms with E-state index in [1.807, 2.05) is 0 Å². The number of carbonyl (C=O) groups is 1. The number of nitrogens with one attached hydrogen (secondary N) is 1. The van der Waals surface area contributed by atoms with E-state index in [0.29, 0.717) is 27.9 Å². The number of carbonyl (C=O) groups excluding carboxylic acids is 1. The molecule has 1 amide bonds. The Hall–Kier alpha value is -3.25. The lowest BCUT2D eigenvalue weighted by atomic mass is 10.0. The number of phenols is 1. The summed E-state index contributed by atoms with van der Waals surface area (Å²) in [6.07, 6.45) is 1.59. The quantitative estimate of drug-likeness (QED) is 0.647. The van der Waals surface area contributed by atoms with Crippen molar-refractivity contribution < 1.29 is 19.4 Å². The molecule has 0 unspecified atom stereocenters. The summed E-state index contributed by atoms with van der Waals surface area (Å²) in [7, 11) is 0. The highest BCUT2D eigenvalue weighted by Crippen LogP contribution is 2.27. The average molecular weight is 366 g/mol. The van der Waals surface area contributed by atoms with Crippen molar-refractivity contribution in [1.82, 2.24) is 10.3 Å². The highest BCUT2D eigenvalue weighted by molar-refractivity contribution is 5.98. The van der Waals surface area contributed by atoms with Crippen LogP contribution in [0, 0.1) is 12.7 Å². The molecule has 1 heterocycles. The van der Waals surface area contributed by atoms with Gasteiger partial charge in [0.25, 0.3) is 5.91 Å². The number of aliphatic hydroxyl groups is 1. The molecule has 0 spiro atoms. The van der Waals surface area contributed by atoms with Crippen LogP contribution in [-0.4, -0.2) is 21.1 Å². The Morgan fingerprint density at radius 1 is 1.19 bits per heavy atom. The van der Waals surface area contributed by atoms with Gasteiger partial charge in [-0.25, -0.2) is 4.39 Å². The Kier molecular flexibility index (Phi) is 5.47. The number of nitrogens with zero attached hydrogens (tertiary/aromatic N) is 1. The Morgan fingerprint density at radius 2 is 2.00 bits per heavy atom. The van der Waals surface area contributed by atoms with Crippen LogP contribution in [0.1, 0.15) is 27.0 Å². The molecule has 138 valence electrons. The summed E-state index contributed by atoms with van der Waals surface area (Å²) in [6, 6.07) is 12.7. The number of pyridine rings is 1. The fourth-order valence-corrected chi connectivity index (χ4v) is 2.72. The first-order valence-electron chi connectivity index (χ1n) is 8.41. The third kappa shape index (κ3) is 4.12. The molecule has 0 aliphatic heterocycles. The van der Waals surface area contributed by atoms with Crippen LogP contribution in [0.3, 0.4) is 0 Å². The van der Waals surface area contributed by atoms with E-state index in [0.717, 1.165) is 0 Å². The van der Waals surface area contributed by atoms with Crippen molar-refractivity contribution in [3.8, 4) is 17.0 Å². The molecular weight excluding hydrogens is 347 g/mol. The molecule has 0 aliphatic carbocycles. The fourth-order valence-electron chi connectivity index (χ4n) is 2.72. The largest absolute Gasteiger partial charge is 0.507 e. The number of phenolic OH excluding ortho intramolecular Hbond substituents is 1. The molecule has 3 aromatic rings. The molecule has 0 atom stereocenters. The summed E-state index contributed by atoms with van der Waals surface area (Å²) >= 11 is 0. The van der Waals surface area contributed by atoms with E-state index in [4.69, 9.17) is 0 Å². The predicted octanol–water partition coefficient (Wildman–Crippen LogP) is 3.32. The highest BCUT2D eigenvalue weighted by Gasteiger charge is 2.14. The van der Waals surface area contributed by atoms with Gasteiger partial charge in [0.1, 0.15) is 11.6 Å². The van der Waals surface area contributed by atoms with Gasteiger partial charge >= 0.3 is 0 Å². The van der Waals surface area contributed by atoms with Gasteiger partial charge < -0.3 is 15.5 Å². The molecule has 0 fully saturated rings. The number of rotatable bonds is 5. The van der Waals surface area contributed by atoms with E-state index in [-0.39, 0.29) is 30.3 Å². The zero-order valence-corrected chi connectivity index (χ0v) is 14.7. The number of aryl methyl sites for hydroxylation is 1. The Bertz CT molecular complexity index is 989. The maximum Gasteiger partial charge on any atom is 0.255 e. The summed E-state index contributed by atoms with van der Waals surface area (Å²) < 4.78 is 13.6. The number of aromatic hydroxyl groups is 1. The van der Waals surface area contributed by atoms with Gasteiger partial charge in [-0.15, -0.1) is 0 Å². The second kappa shape index (κ2) is 7.97. The van der Waals surface area contributed by atoms with Crippen LogP contribution in [0.25, 0.3) is 11.3 Å². The van der Waals surface area contributed by atoms with Crippen molar-refractivity contribution in [3.05, 3.63) is 82.8 Å². The van der Waals surface area contributed by atoms with Crippen molar-refractivity contribution in [2.45, 2.75) is 20.1 Å². The van der Waals surface area contributed by atoms with Crippen LogP contribution in [0.15, 0.2) is 54.7 Å². The first kappa shape index (κ1) is 18.5. The van der Waals surface area contributed by atoms with E-state index in [1.165, 1.54) is 18.2 Å². The summed E-state index contributed by atoms with van der Waals surface area (Å²) in [5.41, 5.74) is 2.98. The molecule has 0 saturated heterocycles. The van der Waals surface area contributed by atoms with Gasteiger partial charge in [0.15, 0.2) is 0 Å². The predicted molar refractivity (Wildman–Crippen MR) is 99.6 cm³/mol. The van der Waals surface area contributed by atoms with Crippen molar-refractivity contribution in [2.24, 2.45) is 0 Å². The first-order valence-corrected chi connectivity index (χ1v) is 8.41. The molecule has 0 saturated carbocycles. The smallest absolute Gasteiger partial charge is 0.255 e. The lowest BCUT2D eigenvalue weighted by Crippen LogP contribution is -2.23. The maximum atomic E-state index is 13.6. The van der Waals surface area contributed by atoms with Crippen LogP contribution in [0.2, 0.25) is 0 Å². The Labute approximate surface area is 156 Å². The number of halogens is 1. The van der Waals surface area contributed by atoms with E-state index in [1.54, 1.807) is 43.5 Å². The molecule has 27 heavy (non-hydrogen) atoms. The van der Waals surface area contributed by atoms with Gasteiger partial charge in [0.2, 0.25) is 0 Å². The van der Waals surface area contributed by atoms with Crippen molar-refractivity contribution in [1.29, 1.82) is 0 Å². The van der Waals surface area contributed by atoms with Crippen LogP contribution >= 0.6 is 0 Å². The Balaban J connectivity index is 1.83. The van der Waals surface area contributed by atoms with Gasteiger partial charge in [0, 0.05) is 23.9 Å². The average Bonchev–Trinajstić information content (AvgIpc) is 2.69. The zero-order valence-electron chi connectivity index (χ0n) is 14.7. The molecule has 3 N–H and O–H groups in total. The SMILES string of the molecule is Cc1ccc(CNC(=O)c2cc(-c3ncccc3CO)ccc2O)cc1F. The molecule has 1 aromatic heterocycles. The number of aromatic nitrogens is 1. The van der Waals surface area contributed by atoms with Gasteiger partial charge in [-0.3, -0.25) is 9.78 Å². The summed E-state index contributed by atoms with van der Waals surface area (Å²) in [5.74, 6) is -0.997. The van der Waals surface area contributed by atoms with Gasteiger partial charge in [-0.05, 0) is 48.4 Å². The minimum absolute atomic E-state index is 0.0784.